The van der Waals surface area contributed by atoms with Crippen molar-refractivity contribution in [3.63, 3.8) is 0 Å². The van der Waals surface area contributed by atoms with Crippen LogP contribution in [0.2, 0.25) is 4.22 Å². The molecule has 13 heavy (non-hydrogen) atoms. The van der Waals surface area contributed by atoms with E-state index in [1.165, 1.54) is 19.3 Å². The zero-order valence-corrected chi connectivity index (χ0v) is 11.4. The fourth-order valence-corrected chi connectivity index (χ4v) is 3.71. The van der Waals surface area contributed by atoms with Crippen molar-refractivity contribution in [1.29, 1.82) is 0 Å². The molecule has 0 aromatic heterocycles. The Balaban J connectivity index is 0. The Morgan fingerprint density at radius 2 is 2.15 bits per heavy atom. The summed E-state index contributed by atoms with van der Waals surface area (Å²) < 4.78 is 2.75. The average molecular weight is 257 g/mol. The fourth-order valence-electron chi connectivity index (χ4n) is 1.38. The van der Waals surface area contributed by atoms with Gasteiger partial charge in [-0.25, -0.2) is 0 Å². The molecule has 0 saturated heterocycles. The molecule has 0 aromatic carbocycles. The molecule has 0 fully saturated rings. The van der Waals surface area contributed by atoms with Gasteiger partial charge in [0.1, 0.15) is 0 Å². The van der Waals surface area contributed by atoms with Crippen LogP contribution in [0.15, 0.2) is 22.1 Å². The van der Waals surface area contributed by atoms with Crippen molar-refractivity contribution in [3.05, 3.63) is 22.1 Å². The molecule has 1 aliphatic rings. The average Bonchev–Trinajstić information content (AvgIpc) is 2.40. The molecule has 1 unspecified atom stereocenters. The third kappa shape index (κ3) is 6.79. The van der Waals surface area contributed by atoms with Crippen molar-refractivity contribution >= 4 is 24.8 Å². The van der Waals surface area contributed by atoms with Crippen molar-refractivity contribution in [2.45, 2.75) is 37.3 Å². The van der Waals surface area contributed by atoms with Gasteiger partial charge in [0.15, 0.2) is 0 Å². The van der Waals surface area contributed by atoms with Gasteiger partial charge in [0.05, 0.1) is 0 Å². The molecular weight excluding hydrogens is 239 g/mol. The molecule has 0 bridgehead atoms. The number of hydrogen-bond donors (Lipinski definition) is 0. The number of hydrogen-bond acceptors (Lipinski definition) is 0. The summed E-state index contributed by atoms with van der Waals surface area (Å²) in [5.74, 6) is 0. The van der Waals surface area contributed by atoms with Gasteiger partial charge in [0.25, 0.3) is 0 Å². The molecule has 0 heterocycles. The van der Waals surface area contributed by atoms with Crippen LogP contribution in [-0.4, -0.2) is 0 Å². The summed E-state index contributed by atoms with van der Waals surface area (Å²) in [5, 5.41) is 0. The van der Waals surface area contributed by atoms with E-state index >= 15 is 0 Å². The second-order valence-corrected chi connectivity index (χ2v) is 6.15. The van der Waals surface area contributed by atoms with Gasteiger partial charge >= 0.3 is 78.6 Å². The van der Waals surface area contributed by atoms with Crippen LogP contribution in [0.1, 0.15) is 33.1 Å². The van der Waals surface area contributed by atoms with Gasteiger partial charge in [-0.3, -0.25) is 0 Å². The monoisotopic (exact) mass is 256 g/mol. The molecule has 76 valence electrons. The van der Waals surface area contributed by atoms with Gasteiger partial charge in [0.2, 0.25) is 0 Å². The quantitative estimate of drug-likeness (QED) is 0.656. The minimum atomic E-state index is 0. The molecule has 1 rings (SSSR count). The molecule has 0 amide bonds. The summed E-state index contributed by atoms with van der Waals surface area (Å²) in [5.41, 5.74) is 0. The van der Waals surface area contributed by atoms with E-state index in [1.807, 2.05) is 0 Å². The van der Waals surface area contributed by atoms with E-state index in [2.05, 4.69) is 32.1 Å². The maximum absolute atomic E-state index is 2.41. The first-order valence-electron chi connectivity index (χ1n) is 4.45. The maximum atomic E-state index is 2.41. The van der Waals surface area contributed by atoms with Crippen LogP contribution in [-0.2, 0) is 19.2 Å². The summed E-state index contributed by atoms with van der Waals surface area (Å²) in [4.78, 5) is 0. The topological polar surface area (TPSA) is 0 Å². The molecule has 0 N–H and O–H groups in total. The standard InChI is InChI=1S/C5H5.C5H11.2ClH.Ti/c1-2-4-5-3-1;1-3-5-4-2;;;/h1-3H,4H2;3H,4-5H2,1-2H3;2*1H;. The Morgan fingerprint density at radius 1 is 1.46 bits per heavy atom. The van der Waals surface area contributed by atoms with Crippen LogP contribution in [0.5, 0.6) is 0 Å². The Bertz CT molecular complexity index is 176. The van der Waals surface area contributed by atoms with Gasteiger partial charge in [-0.1, -0.05) is 0 Å². The van der Waals surface area contributed by atoms with Gasteiger partial charge in [0, 0.05) is 0 Å². The largest absolute Gasteiger partial charge is 0.147 e. The van der Waals surface area contributed by atoms with Gasteiger partial charge in [-0.15, -0.1) is 24.8 Å². The first-order valence-corrected chi connectivity index (χ1v) is 6.13. The smallest absolute Gasteiger partial charge is 0.147 e. The third-order valence-electron chi connectivity index (χ3n) is 1.92. The molecule has 1 aliphatic carbocycles. The van der Waals surface area contributed by atoms with E-state index in [4.69, 9.17) is 0 Å². The van der Waals surface area contributed by atoms with E-state index in [0.717, 1.165) is 4.22 Å². The van der Waals surface area contributed by atoms with Crippen LogP contribution >= 0.6 is 24.8 Å². The molecule has 0 nitrogen and oxygen atoms in total. The third-order valence-corrected chi connectivity index (χ3v) is 4.30. The Labute approximate surface area is 103 Å². The van der Waals surface area contributed by atoms with Crippen molar-refractivity contribution in [3.8, 4) is 0 Å². The van der Waals surface area contributed by atoms with Crippen LogP contribution in [0, 0.1) is 0 Å². The molecular formula is C10H18Cl2Ti. The van der Waals surface area contributed by atoms with Crippen molar-refractivity contribution in [2.75, 3.05) is 0 Å². The SMILES string of the molecule is CCC[CH](C)[Ti][C]1=CC=CC1.Cl.Cl. The number of rotatable bonds is 4. The Kier molecular flexibility index (Phi) is 11.6. The summed E-state index contributed by atoms with van der Waals surface area (Å²) in [6.07, 6.45) is 10.8. The molecule has 0 saturated carbocycles. The number of allylic oxidation sites excluding steroid dienone is 4. The zero-order valence-electron chi connectivity index (χ0n) is 8.25. The predicted octanol–water partition coefficient (Wildman–Crippen LogP) is 4.36. The van der Waals surface area contributed by atoms with E-state index in [-0.39, 0.29) is 44.0 Å². The van der Waals surface area contributed by atoms with E-state index in [9.17, 15) is 0 Å². The maximum Gasteiger partial charge on any atom is -0.147 e. The fraction of sp³-hybridized carbons (Fsp3) is 0.600. The van der Waals surface area contributed by atoms with Gasteiger partial charge < -0.3 is 0 Å². The van der Waals surface area contributed by atoms with E-state index < -0.39 is 0 Å². The Morgan fingerprint density at radius 3 is 2.62 bits per heavy atom. The summed E-state index contributed by atoms with van der Waals surface area (Å²) >= 11 is 0.220. The summed E-state index contributed by atoms with van der Waals surface area (Å²) in [6, 6.07) is 0. The summed E-state index contributed by atoms with van der Waals surface area (Å²) in [6.45, 7) is 4.69. The van der Waals surface area contributed by atoms with E-state index in [0.29, 0.717) is 0 Å². The van der Waals surface area contributed by atoms with Crippen molar-refractivity contribution in [2.24, 2.45) is 0 Å². The predicted molar refractivity (Wildman–Crippen MR) is 60.7 cm³/mol. The molecule has 0 aromatic rings. The van der Waals surface area contributed by atoms with Gasteiger partial charge in [-0.05, 0) is 0 Å². The van der Waals surface area contributed by atoms with Gasteiger partial charge in [-0.2, -0.15) is 0 Å². The second-order valence-electron chi connectivity index (χ2n) is 3.16. The first-order chi connectivity index (χ1) is 5.33. The molecule has 0 aliphatic heterocycles. The molecule has 0 radical (unpaired) electrons. The van der Waals surface area contributed by atoms with Crippen molar-refractivity contribution in [1.82, 2.24) is 0 Å². The molecule has 3 heteroatoms. The van der Waals surface area contributed by atoms with Crippen LogP contribution < -0.4 is 0 Å². The minimum absolute atomic E-state index is 0. The van der Waals surface area contributed by atoms with Crippen LogP contribution in [0.4, 0.5) is 0 Å². The normalized spacial score (nSPS) is 15.4. The Hall–Kier alpha value is 0.774. The molecule has 1 atom stereocenters. The first kappa shape index (κ1) is 16.2. The van der Waals surface area contributed by atoms with Crippen molar-refractivity contribution < 1.29 is 19.2 Å². The minimum Gasteiger partial charge on any atom is -0.147 e. The van der Waals surface area contributed by atoms with Crippen LogP contribution in [0.25, 0.3) is 0 Å². The number of halogens is 2. The van der Waals surface area contributed by atoms with E-state index in [1.54, 1.807) is 3.88 Å². The summed E-state index contributed by atoms with van der Waals surface area (Å²) in [7, 11) is 0. The second kappa shape index (κ2) is 9.33. The zero-order chi connectivity index (χ0) is 8.10. The molecule has 0 spiro atoms. The van der Waals surface area contributed by atoms with Crippen LogP contribution in [0.3, 0.4) is 0 Å².